The van der Waals surface area contributed by atoms with Gasteiger partial charge < -0.3 is 10.2 Å². The van der Waals surface area contributed by atoms with Gasteiger partial charge in [-0.3, -0.25) is 4.79 Å². The van der Waals surface area contributed by atoms with Gasteiger partial charge in [0.2, 0.25) is 0 Å². The molecule has 1 aliphatic rings. The molecule has 1 amide bonds. The number of fused-ring (bicyclic) bond motifs is 1. The van der Waals surface area contributed by atoms with E-state index in [2.05, 4.69) is 24.4 Å². The van der Waals surface area contributed by atoms with Gasteiger partial charge in [-0.15, -0.1) is 11.3 Å². The number of thiophene rings is 1. The fourth-order valence-corrected chi connectivity index (χ4v) is 4.16. The van der Waals surface area contributed by atoms with E-state index in [1.807, 2.05) is 64.9 Å². The monoisotopic (exact) mass is 348 g/mol. The number of carbonyl (C=O) groups excluding carboxylic acids is 1. The summed E-state index contributed by atoms with van der Waals surface area (Å²) in [5.41, 5.74) is 3.23. The number of carbonyl (C=O) groups is 1. The van der Waals surface area contributed by atoms with Crippen molar-refractivity contribution in [1.29, 1.82) is 0 Å². The van der Waals surface area contributed by atoms with Crippen molar-refractivity contribution in [2.45, 2.75) is 25.4 Å². The Bertz CT molecular complexity index is 861. The molecular weight excluding hydrogens is 328 g/mol. The zero-order valence-electron chi connectivity index (χ0n) is 14.1. The fourth-order valence-electron chi connectivity index (χ4n) is 3.50. The Morgan fingerprint density at radius 3 is 2.56 bits per heavy atom. The Labute approximate surface area is 151 Å². The molecule has 0 fully saturated rings. The molecule has 2 aromatic carbocycles. The molecule has 0 saturated carbocycles. The topological polar surface area (TPSA) is 32.3 Å². The smallest absolute Gasteiger partial charge is 0.268 e. The van der Waals surface area contributed by atoms with Crippen LogP contribution in [0, 0.1) is 0 Å². The van der Waals surface area contributed by atoms with Crippen molar-refractivity contribution in [3.8, 4) is 0 Å². The van der Waals surface area contributed by atoms with Crippen LogP contribution in [0.5, 0.6) is 0 Å². The van der Waals surface area contributed by atoms with Gasteiger partial charge in [0, 0.05) is 17.4 Å². The molecule has 0 aliphatic carbocycles. The minimum atomic E-state index is 0.0180. The molecule has 0 saturated heterocycles. The molecule has 4 heteroatoms. The second-order valence-electron chi connectivity index (χ2n) is 6.37. The van der Waals surface area contributed by atoms with Gasteiger partial charge in [0.25, 0.3) is 5.91 Å². The average molecular weight is 348 g/mol. The lowest BCUT2D eigenvalue weighted by molar-refractivity contribution is 0.0978. The van der Waals surface area contributed by atoms with Gasteiger partial charge in [0.1, 0.15) is 0 Å². The first-order valence-electron chi connectivity index (χ1n) is 8.51. The molecule has 25 heavy (non-hydrogen) atoms. The molecule has 3 aromatic rings. The van der Waals surface area contributed by atoms with Crippen molar-refractivity contribution < 1.29 is 4.79 Å². The Balaban J connectivity index is 1.83. The van der Waals surface area contributed by atoms with Gasteiger partial charge >= 0.3 is 0 Å². The summed E-state index contributed by atoms with van der Waals surface area (Å²) in [7, 11) is 0. The van der Waals surface area contributed by atoms with Crippen LogP contribution in [0.1, 0.15) is 34.6 Å². The number of para-hydroxylation sites is 2. The maximum atomic E-state index is 13.3. The van der Waals surface area contributed by atoms with Crippen molar-refractivity contribution in [1.82, 2.24) is 0 Å². The number of amides is 1. The standard InChI is InChI=1S/C21H20N2OS/c1-15-14-19(17-10-5-6-11-18(17)22-15)23(16-8-3-2-4-9-16)21(24)20-12-7-13-25-20/h2-13,15,19,22H,14H2,1H3/t15-,19+/m1/s1. The van der Waals surface area contributed by atoms with Crippen LogP contribution in [0.2, 0.25) is 0 Å². The van der Waals surface area contributed by atoms with Crippen LogP contribution in [0.15, 0.2) is 72.1 Å². The number of rotatable bonds is 3. The lowest BCUT2D eigenvalue weighted by Crippen LogP contribution is -2.40. The minimum absolute atomic E-state index is 0.0180. The summed E-state index contributed by atoms with van der Waals surface area (Å²) >= 11 is 1.49. The van der Waals surface area contributed by atoms with E-state index in [9.17, 15) is 4.79 Å². The van der Waals surface area contributed by atoms with E-state index in [1.54, 1.807) is 0 Å². The van der Waals surface area contributed by atoms with E-state index >= 15 is 0 Å². The number of nitrogens with one attached hydrogen (secondary N) is 1. The maximum Gasteiger partial charge on any atom is 0.268 e. The summed E-state index contributed by atoms with van der Waals surface area (Å²) in [6.07, 6.45) is 0.878. The summed E-state index contributed by atoms with van der Waals surface area (Å²) in [6, 6.07) is 22.4. The molecule has 0 unspecified atom stereocenters. The van der Waals surface area contributed by atoms with Crippen LogP contribution in [-0.2, 0) is 0 Å². The van der Waals surface area contributed by atoms with Gasteiger partial charge in [-0.05, 0) is 48.6 Å². The third kappa shape index (κ3) is 3.05. The number of hydrogen-bond donors (Lipinski definition) is 1. The molecule has 1 aliphatic heterocycles. The number of anilines is 2. The van der Waals surface area contributed by atoms with E-state index in [1.165, 1.54) is 16.9 Å². The summed E-state index contributed by atoms with van der Waals surface area (Å²) in [4.78, 5) is 16.1. The molecule has 0 bridgehead atoms. The first-order chi connectivity index (χ1) is 12.2. The van der Waals surface area contributed by atoms with E-state index in [0.29, 0.717) is 6.04 Å². The van der Waals surface area contributed by atoms with Crippen molar-refractivity contribution in [2.24, 2.45) is 0 Å². The highest BCUT2D eigenvalue weighted by atomic mass is 32.1. The largest absolute Gasteiger partial charge is 0.382 e. The highest BCUT2D eigenvalue weighted by molar-refractivity contribution is 7.12. The zero-order chi connectivity index (χ0) is 17.2. The van der Waals surface area contributed by atoms with Crippen LogP contribution in [-0.4, -0.2) is 11.9 Å². The minimum Gasteiger partial charge on any atom is -0.382 e. The quantitative estimate of drug-likeness (QED) is 0.693. The van der Waals surface area contributed by atoms with E-state index in [4.69, 9.17) is 0 Å². The molecule has 0 radical (unpaired) electrons. The second-order valence-corrected chi connectivity index (χ2v) is 7.32. The van der Waals surface area contributed by atoms with Crippen molar-refractivity contribution >= 4 is 28.6 Å². The SMILES string of the molecule is C[C@@H]1C[C@H](N(C(=O)c2cccs2)c2ccccc2)c2ccccc2N1. The zero-order valence-corrected chi connectivity index (χ0v) is 14.9. The molecule has 0 spiro atoms. The maximum absolute atomic E-state index is 13.3. The van der Waals surface area contributed by atoms with Crippen LogP contribution in [0.4, 0.5) is 11.4 Å². The molecule has 126 valence electrons. The summed E-state index contributed by atoms with van der Waals surface area (Å²) in [5, 5.41) is 5.49. The Morgan fingerprint density at radius 2 is 1.80 bits per heavy atom. The third-order valence-corrected chi connectivity index (χ3v) is 5.45. The average Bonchev–Trinajstić information content (AvgIpc) is 3.17. The molecular formula is C21H20N2OS. The lowest BCUT2D eigenvalue weighted by Gasteiger charge is -2.38. The van der Waals surface area contributed by atoms with Gasteiger partial charge in [-0.1, -0.05) is 42.5 Å². The van der Waals surface area contributed by atoms with Crippen molar-refractivity contribution in [2.75, 3.05) is 10.2 Å². The van der Waals surface area contributed by atoms with Crippen molar-refractivity contribution in [3.63, 3.8) is 0 Å². The first-order valence-corrected chi connectivity index (χ1v) is 9.39. The van der Waals surface area contributed by atoms with E-state index in [-0.39, 0.29) is 11.9 Å². The molecule has 2 atom stereocenters. The highest BCUT2D eigenvalue weighted by Crippen LogP contribution is 2.39. The Hall–Kier alpha value is -2.59. The fraction of sp³-hybridized carbons (Fsp3) is 0.190. The van der Waals surface area contributed by atoms with Gasteiger partial charge in [0.15, 0.2) is 0 Å². The van der Waals surface area contributed by atoms with E-state index in [0.717, 1.165) is 22.7 Å². The highest BCUT2D eigenvalue weighted by Gasteiger charge is 2.33. The van der Waals surface area contributed by atoms with Gasteiger partial charge in [-0.2, -0.15) is 0 Å². The van der Waals surface area contributed by atoms with Crippen LogP contribution >= 0.6 is 11.3 Å². The Kier molecular flexibility index (Phi) is 4.28. The summed E-state index contributed by atoms with van der Waals surface area (Å²) < 4.78 is 0. The van der Waals surface area contributed by atoms with Gasteiger partial charge in [0.05, 0.1) is 10.9 Å². The molecule has 3 nitrogen and oxygen atoms in total. The molecule has 4 rings (SSSR count). The number of benzene rings is 2. The van der Waals surface area contributed by atoms with Crippen LogP contribution in [0.3, 0.4) is 0 Å². The van der Waals surface area contributed by atoms with Crippen LogP contribution < -0.4 is 10.2 Å². The third-order valence-electron chi connectivity index (χ3n) is 4.60. The lowest BCUT2D eigenvalue weighted by atomic mass is 9.91. The summed E-state index contributed by atoms with van der Waals surface area (Å²) in [5.74, 6) is 0.0649. The number of nitrogens with zero attached hydrogens (tertiary/aromatic N) is 1. The van der Waals surface area contributed by atoms with Crippen molar-refractivity contribution in [3.05, 3.63) is 82.6 Å². The van der Waals surface area contributed by atoms with Crippen LogP contribution in [0.25, 0.3) is 0 Å². The molecule has 1 N–H and O–H groups in total. The molecule has 2 heterocycles. The van der Waals surface area contributed by atoms with E-state index < -0.39 is 0 Å². The predicted octanol–water partition coefficient (Wildman–Crippen LogP) is 5.34. The predicted molar refractivity (Wildman–Crippen MR) is 104 cm³/mol. The normalized spacial score (nSPS) is 18.9. The number of hydrogen-bond acceptors (Lipinski definition) is 3. The summed E-state index contributed by atoms with van der Waals surface area (Å²) in [6.45, 7) is 2.17. The molecule has 1 aromatic heterocycles. The Morgan fingerprint density at radius 1 is 1.04 bits per heavy atom. The first kappa shape index (κ1) is 15.9. The van der Waals surface area contributed by atoms with Gasteiger partial charge in [-0.25, -0.2) is 0 Å². The second kappa shape index (κ2) is 6.73.